The Morgan fingerprint density at radius 1 is 1.10 bits per heavy atom. The van der Waals surface area contributed by atoms with Crippen molar-refractivity contribution in [2.24, 2.45) is 0 Å². The van der Waals surface area contributed by atoms with Gasteiger partial charge >= 0.3 is 0 Å². The fourth-order valence-electron chi connectivity index (χ4n) is 3.07. The molecular formula is C21H25N5O3. The van der Waals surface area contributed by atoms with Crippen molar-refractivity contribution in [1.29, 1.82) is 0 Å². The Morgan fingerprint density at radius 3 is 2.55 bits per heavy atom. The second-order valence-corrected chi connectivity index (χ2v) is 6.97. The van der Waals surface area contributed by atoms with Gasteiger partial charge in [0, 0.05) is 24.7 Å². The lowest BCUT2D eigenvalue weighted by atomic mass is 10.1. The van der Waals surface area contributed by atoms with Crippen molar-refractivity contribution < 1.29 is 14.3 Å². The largest absolute Gasteiger partial charge is 0.493 e. The van der Waals surface area contributed by atoms with Crippen LogP contribution in [-0.2, 0) is 6.54 Å². The van der Waals surface area contributed by atoms with Gasteiger partial charge in [-0.2, -0.15) is 0 Å². The molecule has 0 aliphatic heterocycles. The standard InChI is InChI=1S/C21H25N5O3/c1-14(2)26-20(22-23-24-26)16-7-6-8-17(12-16)21(27)25(3)13-15-9-10-18(28-4)19(11-15)29-5/h6-12,14H,13H2,1-5H3. The molecule has 0 fully saturated rings. The zero-order valence-corrected chi connectivity index (χ0v) is 17.3. The first-order valence-corrected chi connectivity index (χ1v) is 9.29. The van der Waals surface area contributed by atoms with Crippen LogP contribution in [0.3, 0.4) is 0 Å². The number of benzene rings is 2. The molecule has 1 aromatic heterocycles. The van der Waals surface area contributed by atoms with E-state index in [4.69, 9.17) is 9.47 Å². The van der Waals surface area contributed by atoms with Crippen LogP contribution in [0.5, 0.6) is 11.5 Å². The molecule has 152 valence electrons. The van der Waals surface area contributed by atoms with Crippen LogP contribution in [-0.4, -0.2) is 52.3 Å². The van der Waals surface area contributed by atoms with E-state index in [0.717, 1.165) is 11.1 Å². The van der Waals surface area contributed by atoms with E-state index < -0.39 is 0 Å². The molecule has 0 spiro atoms. The van der Waals surface area contributed by atoms with E-state index in [2.05, 4.69) is 15.5 Å². The molecule has 3 aromatic rings. The molecule has 0 radical (unpaired) electrons. The fraction of sp³-hybridized carbons (Fsp3) is 0.333. The van der Waals surface area contributed by atoms with Crippen molar-refractivity contribution in [2.75, 3.05) is 21.3 Å². The van der Waals surface area contributed by atoms with Gasteiger partial charge in [0.1, 0.15) is 0 Å². The van der Waals surface area contributed by atoms with E-state index >= 15 is 0 Å². The van der Waals surface area contributed by atoms with E-state index in [0.29, 0.717) is 29.4 Å². The number of amides is 1. The van der Waals surface area contributed by atoms with Gasteiger partial charge in [-0.05, 0) is 54.1 Å². The number of carbonyl (C=O) groups excluding carboxylic acids is 1. The van der Waals surface area contributed by atoms with Gasteiger partial charge in [-0.3, -0.25) is 4.79 Å². The summed E-state index contributed by atoms with van der Waals surface area (Å²) in [6.45, 7) is 4.45. The third-order valence-electron chi connectivity index (χ3n) is 4.56. The third kappa shape index (κ3) is 4.37. The number of rotatable bonds is 7. The molecule has 0 N–H and O–H groups in total. The lowest BCUT2D eigenvalue weighted by molar-refractivity contribution is 0.0785. The number of hydrogen-bond acceptors (Lipinski definition) is 6. The molecule has 0 atom stereocenters. The molecule has 0 aliphatic rings. The predicted molar refractivity (Wildman–Crippen MR) is 109 cm³/mol. The maximum Gasteiger partial charge on any atom is 0.253 e. The predicted octanol–water partition coefficient (Wildman–Crippen LogP) is 3.21. The van der Waals surface area contributed by atoms with Crippen LogP contribution < -0.4 is 9.47 Å². The molecule has 8 heteroatoms. The first-order chi connectivity index (χ1) is 13.9. The van der Waals surface area contributed by atoms with E-state index in [1.807, 2.05) is 50.2 Å². The summed E-state index contributed by atoms with van der Waals surface area (Å²) >= 11 is 0. The number of aromatic nitrogens is 4. The van der Waals surface area contributed by atoms with Crippen molar-refractivity contribution in [3.8, 4) is 22.9 Å². The first kappa shape index (κ1) is 20.3. The molecule has 8 nitrogen and oxygen atoms in total. The van der Waals surface area contributed by atoms with Crippen molar-refractivity contribution in [1.82, 2.24) is 25.1 Å². The van der Waals surface area contributed by atoms with Crippen LogP contribution in [0.4, 0.5) is 0 Å². The highest BCUT2D eigenvalue weighted by atomic mass is 16.5. The average molecular weight is 395 g/mol. The van der Waals surface area contributed by atoms with Gasteiger partial charge in [0.2, 0.25) is 0 Å². The maximum atomic E-state index is 13.0. The minimum absolute atomic E-state index is 0.0924. The highest BCUT2D eigenvalue weighted by molar-refractivity contribution is 5.95. The molecule has 1 amide bonds. The van der Waals surface area contributed by atoms with E-state index in [1.54, 1.807) is 36.9 Å². The Kier molecular flexibility index (Phi) is 6.11. The molecule has 0 saturated carbocycles. The Morgan fingerprint density at radius 2 is 1.86 bits per heavy atom. The van der Waals surface area contributed by atoms with Crippen LogP contribution >= 0.6 is 0 Å². The minimum Gasteiger partial charge on any atom is -0.493 e. The van der Waals surface area contributed by atoms with Gasteiger partial charge < -0.3 is 14.4 Å². The monoisotopic (exact) mass is 395 g/mol. The zero-order chi connectivity index (χ0) is 21.0. The summed E-state index contributed by atoms with van der Waals surface area (Å²) in [5, 5.41) is 11.9. The molecule has 1 heterocycles. The Balaban J connectivity index is 1.81. The van der Waals surface area contributed by atoms with Crippen molar-refractivity contribution in [2.45, 2.75) is 26.4 Å². The molecule has 0 unspecified atom stereocenters. The van der Waals surface area contributed by atoms with Gasteiger partial charge in [-0.25, -0.2) is 4.68 Å². The number of tetrazole rings is 1. The summed E-state index contributed by atoms with van der Waals surface area (Å²) in [6.07, 6.45) is 0. The molecule has 0 bridgehead atoms. The number of nitrogens with zero attached hydrogens (tertiary/aromatic N) is 5. The average Bonchev–Trinajstić information content (AvgIpc) is 3.23. The third-order valence-corrected chi connectivity index (χ3v) is 4.56. The molecule has 0 aliphatic carbocycles. The highest BCUT2D eigenvalue weighted by Gasteiger charge is 2.17. The van der Waals surface area contributed by atoms with Crippen LogP contribution in [0.25, 0.3) is 11.4 Å². The zero-order valence-electron chi connectivity index (χ0n) is 17.3. The quantitative estimate of drug-likeness (QED) is 0.611. The Bertz CT molecular complexity index is 999. The number of hydrogen-bond donors (Lipinski definition) is 0. The van der Waals surface area contributed by atoms with Crippen molar-refractivity contribution >= 4 is 5.91 Å². The summed E-state index contributed by atoms with van der Waals surface area (Å²) in [5.41, 5.74) is 2.32. The Labute approximate surface area is 170 Å². The van der Waals surface area contributed by atoms with Gasteiger partial charge in [-0.15, -0.1) is 5.10 Å². The summed E-state index contributed by atoms with van der Waals surface area (Å²) in [5.74, 6) is 1.83. The lowest BCUT2D eigenvalue weighted by Crippen LogP contribution is -2.26. The summed E-state index contributed by atoms with van der Waals surface area (Å²) in [4.78, 5) is 14.6. The van der Waals surface area contributed by atoms with Gasteiger partial charge in [0.15, 0.2) is 17.3 Å². The first-order valence-electron chi connectivity index (χ1n) is 9.29. The molecule has 2 aromatic carbocycles. The molecule has 0 saturated heterocycles. The summed E-state index contributed by atoms with van der Waals surface area (Å²) in [6, 6.07) is 13.1. The second kappa shape index (κ2) is 8.72. The van der Waals surface area contributed by atoms with Crippen LogP contribution in [0.1, 0.15) is 35.8 Å². The number of ether oxygens (including phenoxy) is 2. The topological polar surface area (TPSA) is 82.4 Å². The van der Waals surface area contributed by atoms with Crippen LogP contribution in [0, 0.1) is 0 Å². The Hall–Kier alpha value is -3.42. The highest BCUT2D eigenvalue weighted by Crippen LogP contribution is 2.28. The summed E-state index contributed by atoms with van der Waals surface area (Å²) < 4.78 is 12.3. The van der Waals surface area contributed by atoms with E-state index in [9.17, 15) is 4.79 Å². The van der Waals surface area contributed by atoms with E-state index in [1.165, 1.54) is 0 Å². The van der Waals surface area contributed by atoms with Crippen LogP contribution in [0.2, 0.25) is 0 Å². The number of methoxy groups -OCH3 is 2. The van der Waals surface area contributed by atoms with Crippen molar-refractivity contribution in [3.63, 3.8) is 0 Å². The molecule has 3 rings (SSSR count). The maximum absolute atomic E-state index is 13.0. The minimum atomic E-state index is -0.0924. The smallest absolute Gasteiger partial charge is 0.253 e. The van der Waals surface area contributed by atoms with Gasteiger partial charge in [0.25, 0.3) is 5.91 Å². The lowest BCUT2D eigenvalue weighted by Gasteiger charge is -2.19. The van der Waals surface area contributed by atoms with E-state index in [-0.39, 0.29) is 11.9 Å². The van der Waals surface area contributed by atoms with Crippen LogP contribution in [0.15, 0.2) is 42.5 Å². The van der Waals surface area contributed by atoms with Gasteiger partial charge in [-0.1, -0.05) is 18.2 Å². The van der Waals surface area contributed by atoms with Gasteiger partial charge in [0.05, 0.1) is 20.3 Å². The normalized spacial score (nSPS) is 10.8. The second-order valence-electron chi connectivity index (χ2n) is 6.97. The molecular weight excluding hydrogens is 370 g/mol. The number of carbonyl (C=O) groups is 1. The molecule has 29 heavy (non-hydrogen) atoms. The van der Waals surface area contributed by atoms with Crippen molar-refractivity contribution in [3.05, 3.63) is 53.6 Å². The fourth-order valence-corrected chi connectivity index (χ4v) is 3.07. The summed E-state index contributed by atoms with van der Waals surface area (Å²) in [7, 11) is 4.95. The SMILES string of the molecule is COc1ccc(CN(C)C(=O)c2cccc(-c3nnnn3C(C)C)c2)cc1OC.